The Balaban J connectivity index is 1.96. The maximum absolute atomic E-state index is 5.31. The van der Waals surface area contributed by atoms with E-state index in [0.717, 1.165) is 34.4 Å². The molecule has 0 fully saturated rings. The first-order chi connectivity index (χ1) is 8.29. The highest BCUT2D eigenvalue weighted by atomic mass is 79.9. The second kappa shape index (κ2) is 5.89. The largest absolute Gasteiger partial charge is 0.496 e. The van der Waals surface area contributed by atoms with Gasteiger partial charge in [-0.05, 0) is 24.3 Å². The van der Waals surface area contributed by atoms with Gasteiger partial charge >= 0.3 is 0 Å². The number of halogens is 1. The van der Waals surface area contributed by atoms with Crippen molar-refractivity contribution in [1.82, 2.24) is 5.32 Å². The Morgan fingerprint density at radius 2 is 2.18 bits per heavy atom. The molecular weight excluding hydrogens is 282 g/mol. The summed E-state index contributed by atoms with van der Waals surface area (Å²) < 4.78 is 11.4. The summed E-state index contributed by atoms with van der Waals surface area (Å²) in [5.74, 6) is 0.896. The highest BCUT2D eigenvalue weighted by molar-refractivity contribution is 9.10. The average molecular weight is 296 g/mol. The number of nitrogens with one attached hydrogen (secondary N) is 1. The second-order valence-corrected chi connectivity index (χ2v) is 4.61. The van der Waals surface area contributed by atoms with Gasteiger partial charge < -0.3 is 14.5 Å². The lowest BCUT2D eigenvalue weighted by Crippen LogP contribution is -2.12. The topological polar surface area (TPSA) is 34.4 Å². The van der Waals surface area contributed by atoms with E-state index in [-0.39, 0.29) is 0 Å². The SMILES string of the molecule is COc1ccc(Br)cc1CNCc1ccoc1. The standard InChI is InChI=1S/C13H14BrNO2/c1-16-13-3-2-12(14)6-11(13)8-15-7-10-4-5-17-9-10/h2-6,9,15H,7-8H2,1H3. The van der Waals surface area contributed by atoms with Crippen molar-refractivity contribution in [3.8, 4) is 5.75 Å². The van der Waals surface area contributed by atoms with Gasteiger partial charge in [-0.25, -0.2) is 0 Å². The van der Waals surface area contributed by atoms with Crippen molar-refractivity contribution in [1.29, 1.82) is 0 Å². The Hall–Kier alpha value is -1.26. The highest BCUT2D eigenvalue weighted by Gasteiger charge is 2.03. The molecule has 2 aromatic rings. The average Bonchev–Trinajstić information content (AvgIpc) is 2.82. The van der Waals surface area contributed by atoms with Crippen LogP contribution in [-0.4, -0.2) is 7.11 Å². The van der Waals surface area contributed by atoms with E-state index < -0.39 is 0 Å². The van der Waals surface area contributed by atoms with Crippen molar-refractivity contribution in [2.75, 3.05) is 7.11 Å². The third-order valence-electron chi connectivity index (χ3n) is 2.47. The van der Waals surface area contributed by atoms with E-state index in [2.05, 4.69) is 27.3 Å². The number of benzene rings is 1. The first-order valence-electron chi connectivity index (χ1n) is 5.34. The minimum Gasteiger partial charge on any atom is -0.496 e. The summed E-state index contributed by atoms with van der Waals surface area (Å²) in [7, 11) is 1.68. The molecule has 0 spiro atoms. The summed E-state index contributed by atoms with van der Waals surface area (Å²) in [5, 5.41) is 3.35. The summed E-state index contributed by atoms with van der Waals surface area (Å²) in [4.78, 5) is 0. The molecular formula is C13H14BrNO2. The molecule has 0 aliphatic heterocycles. The fourth-order valence-corrected chi connectivity index (χ4v) is 2.03. The third-order valence-corrected chi connectivity index (χ3v) is 2.96. The van der Waals surface area contributed by atoms with Crippen LogP contribution in [0.5, 0.6) is 5.75 Å². The van der Waals surface area contributed by atoms with Crippen LogP contribution in [0.4, 0.5) is 0 Å². The first-order valence-corrected chi connectivity index (χ1v) is 6.13. The fourth-order valence-electron chi connectivity index (χ4n) is 1.62. The number of ether oxygens (including phenoxy) is 1. The minimum atomic E-state index is 0.758. The van der Waals surface area contributed by atoms with Crippen LogP contribution in [-0.2, 0) is 13.1 Å². The fraction of sp³-hybridized carbons (Fsp3) is 0.231. The Morgan fingerprint density at radius 1 is 1.29 bits per heavy atom. The van der Waals surface area contributed by atoms with E-state index in [4.69, 9.17) is 9.15 Å². The van der Waals surface area contributed by atoms with Gasteiger partial charge in [0.25, 0.3) is 0 Å². The van der Waals surface area contributed by atoms with Crippen LogP contribution in [0.15, 0.2) is 45.7 Å². The van der Waals surface area contributed by atoms with Crippen molar-refractivity contribution in [2.45, 2.75) is 13.1 Å². The molecule has 0 saturated carbocycles. The van der Waals surface area contributed by atoms with Crippen LogP contribution < -0.4 is 10.1 Å². The molecule has 0 atom stereocenters. The zero-order chi connectivity index (χ0) is 12.1. The monoisotopic (exact) mass is 295 g/mol. The van der Waals surface area contributed by atoms with Crippen molar-refractivity contribution in [3.05, 3.63) is 52.4 Å². The number of rotatable bonds is 5. The van der Waals surface area contributed by atoms with Gasteiger partial charge in [-0.3, -0.25) is 0 Å². The van der Waals surface area contributed by atoms with Gasteiger partial charge in [-0.2, -0.15) is 0 Å². The van der Waals surface area contributed by atoms with Crippen molar-refractivity contribution < 1.29 is 9.15 Å². The smallest absolute Gasteiger partial charge is 0.123 e. The maximum Gasteiger partial charge on any atom is 0.123 e. The highest BCUT2D eigenvalue weighted by Crippen LogP contribution is 2.22. The second-order valence-electron chi connectivity index (χ2n) is 3.69. The maximum atomic E-state index is 5.31. The number of hydrogen-bond acceptors (Lipinski definition) is 3. The zero-order valence-electron chi connectivity index (χ0n) is 9.57. The molecule has 1 heterocycles. The third kappa shape index (κ3) is 3.35. The molecule has 1 aromatic heterocycles. The molecule has 0 bridgehead atoms. The van der Waals surface area contributed by atoms with Crippen LogP contribution in [0, 0.1) is 0 Å². The number of methoxy groups -OCH3 is 1. The molecule has 0 unspecified atom stereocenters. The predicted molar refractivity (Wildman–Crippen MR) is 69.9 cm³/mol. The van der Waals surface area contributed by atoms with Crippen LogP contribution in [0.25, 0.3) is 0 Å². The van der Waals surface area contributed by atoms with E-state index in [0.29, 0.717) is 0 Å². The van der Waals surface area contributed by atoms with Crippen molar-refractivity contribution >= 4 is 15.9 Å². The van der Waals surface area contributed by atoms with Gasteiger partial charge in [0, 0.05) is 28.7 Å². The molecule has 3 nitrogen and oxygen atoms in total. The minimum absolute atomic E-state index is 0.758. The predicted octanol–water partition coefficient (Wildman–Crippen LogP) is 3.34. The van der Waals surface area contributed by atoms with Crippen LogP contribution in [0.2, 0.25) is 0 Å². The van der Waals surface area contributed by atoms with E-state index >= 15 is 0 Å². The van der Waals surface area contributed by atoms with E-state index in [1.165, 1.54) is 0 Å². The summed E-state index contributed by atoms with van der Waals surface area (Å²) in [5.41, 5.74) is 2.27. The van der Waals surface area contributed by atoms with Gasteiger partial charge in [0.1, 0.15) is 5.75 Å². The van der Waals surface area contributed by atoms with Crippen molar-refractivity contribution in [3.63, 3.8) is 0 Å². The summed E-state index contributed by atoms with van der Waals surface area (Å²) in [6.45, 7) is 1.54. The zero-order valence-corrected chi connectivity index (χ0v) is 11.2. The molecule has 0 aliphatic carbocycles. The Morgan fingerprint density at radius 3 is 2.88 bits per heavy atom. The van der Waals surface area contributed by atoms with Gasteiger partial charge in [0.2, 0.25) is 0 Å². The molecule has 1 aromatic carbocycles. The Labute approximate surface area is 109 Å². The lowest BCUT2D eigenvalue weighted by molar-refractivity contribution is 0.407. The van der Waals surface area contributed by atoms with E-state index in [1.54, 1.807) is 19.6 Å². The van der Waals surface area contributed by atoms with Gasteiger partial charge in [0.15, 0.2) is 0 Å². The van der Waals surface area contributed by atoms with Crippen molar-refractivity contribution in [2.24, 2.45) is 0 Å². The van der Waals surface area contributed by atoms with Gasteiger partial charge in [-0.1, -0.05) is 15.9 Å². The molecule has 4 heteroatoms. The quantitative estimate of drug-likeness (QED) is 0.919. The van der Waals surface area contributed by atoms with E-state index in [1.807, 2.05) is 18.2 Å². The van der Waals surface area contributed by atoms with Crippen LogP contribution >= 0.6 is 15.9 Å². The molecule has 0 radical (unpaired) electrons. The van der Waals surface area contributed by atoms with E-state index in [9.17, 15) is 0 Å². The number of furan rings is 1. The Bertz CT molecular complexity index is 468. The molecule has 0 saturated heterocycles. The molecule has 0 aliphatic rings. The van der Waals surface area contributed by atoms with Crippen LogP contribution in [0.3, 0.4) is 0 Å². The molecule has 90 valence electrons. The molecule has 0 amide bonds. The summed E-state index contributed by atoms with van der Waals surface area (Å²) >= 11 is 3.46. The van der Waals surface area contributed by atoms with Gasteiger partial charge in [-0.15, -0.1) is 0 Å². The summed E-state index contributed by atoms with van der Waals surface area (Å²) in [6.07, 6.45) is 3.42. The number of hydrogen-bond donors (Lipinski definition) is 1. The Kier molecular flexibility index (Phi) is 4.23. The molecule has 17 heavy (non-hydrogen) atoms. The summed E-state index contributed by atoms with van der Waals surface area (Å²) in [6, 6.07) is 7.93. The molecule has 2 rings (SSSR count). The lowest BCUT2D eigenvalue weighted by Gasteiger charge is -2.09. The normalized spacial score (nSPS) is 10.5. The first kappa shape index (κ1) is 12.2. The lowest BCUT2D eigenvalue weighted by atomic mass is 10.2. The van der Waals surface area contributed by atoms with Crippen LogP contribution in [0.1, 0.15) is 11.1 Å². The molecule has 1 N–H and O–H groups in total. The van der Waals surface area contributed by atoms with Gasteiger partial charge in [0.05, 0.1) is 19.6 Å².